The smallest absolute Gasteiger partial charge is 0.766 e. The summed E-state index contributed by atoms with van der Waals surface area (Å²) < 4.78 is 20.7. The molecule has 0 saturated carbocycles. The van der Waals surface area contributed by atoms with Crippen molar-refractivity contribution in [1.29, 1.82) is 0 Å². The van der Waals surface area contributed by atoms with E-state index in [1.165, 1.54) is 32.8 Å². The monoisotopic (exact) mass is 289 g/mol. The first-order valence-electron chi connectivity index (χ1n) is 6.32. The minimum absolute atomic E-state index is 0. The van der Waals surface area contributed by atoms with Gasteiger partial charge in [0, 0.05) is 13.7 Å². The molecule has 0 aromatic rings. The standard InChI is InChI=1S/C11H26NO4P.Na/c1-3-4-5-6-7-8-9-12-17(13,14)16-11-10-15-2;/h3-11H2,1-2H3,(H2,12,13,14);/q;+1/p-1. The van der Waals surface area contributed by atoms with Gasteiger partial charge in [0.05, 0.1) is 13.2 Å². The molecule has 0 saturated heterocycles. The molecule has 0 radical (unpaired) electrons. The fourth-order valence-electron chi connectivity index (χ4n) is 1.41. The van der Waals surface area contributed by atoms with Crippen LogP contribution in [0, 0.1) is 0 Å². The van der Waals surface area contributed by atoms with E-state index >= 15 is 0 Å². The van der Waals surface area contributed by atoms with Crippen LogP contribution >= 0.6 is 7.75 Å². The van der Waals surface area contributed by atoms with E-state index in [0.717, 1.165) is 12.8 Å². The number of unbranched alkanes of at least 4 members (excludes halogenated alkanes) is 5. The second-order valence-corrected chi connectivity index (χ2v) is 5.57. The zero-order chi connectivity index (χ0) is 13.0. The van der Waals surface area contributed by atoms with Crippen molar-refractivity contribution in [3.8, 4) is 0 Å². The average Bonchev–Trinajstić information content (AvgIpc) is 2.28. The van der Waals surface area contributed by atoms with E-state index < -0.39 is 7.75 Å². The minimum atomic E-state index is -3.86. The molecule has 0 aromatic heterocycles. The van der Waals surface area contributed by atoms with Gasteiger partial charge in [-0.1, -0.05) is 39.0 Å². The Balaban J connectivity index is 0. The number of hydrogen-bond acceptors (Lipinski definition) is 4. The van der Waals surface area contributed by atoms with Gasteiger partial charge in [0.1, 0.15) is 0 Å². The Kier molecular flexibility index (Phi) is 17.2. The van der Waals surface area contributed by atoms with Gasteiger partial charge in [0.2, 0.25) is 7.75 Å². The fourth-order valence-corrected chi connectivity index (χ4v) is 2.25. The molecule has 0 aliphatic heterocycles. The van der Waals surface area contributed by atoms with Crippen LogP contribution in [-0.4, -0.2) is 26.9 Å². The Labute approximate surface area is 133 Å². The van der Waals surface area contributed by atoms with E-state index in [9.17, 15) is 9.46 Å². The summed E-state index contributed by atoms with van der Waals surface area (Å²) in [5.41, 5.74) is 0. The Bertz CT molecular complexity index is 219. The molecule has 0 amide bonds. The van der Waals surface area contributed by atoms with Crippen LogP contribution in [0.15, 0.2) is 0 Å². The summed E-state index contributed by atoms with van der Waals surface area (Å²) in [7, 11) is -2.36. The molecule has 0 rings (SSSR count). The quantitative estimate of drug-likeness (QED) is 0.286. The van der Waals surface area contributed by atoms with Crippen LogP contribution in [0.5, 0.6) is 0 Å². The van der Waals surface area contributed by atoms with Gasteiger partial charge >= 0.3 is 29.6 Å². The van der Waals surface area contributed by atoms with Crippen molar-refractivity contribution < 1.29 is 48.3 Å². The molecule has 7 heteroatoms. The number of hydrogen-bond donors (Lipinski definition) is 1. The van der Waals surface area contributed by atoms with Crippen molar-refractivity contribution >= 4 is 7.75 Å². The maximum Gasteiger partial charge on any atom is 1.00 e. The SMILES string of the molecule is CCCCCCCCNP(=O)([O-])OCCOC.[Na+]. The molecule has 0 aliphatic carbocycles. The molecule has 5 nitrogen and oxygen atoms in total. The topological polar surface area (TPSA) is 70.6 Å². The van der Waals surface area contributed by atoms with Crippen LogP contribution < -0.4 is 39.5 Å². The fraction of sp³-hybridized carbons (Fsp3) is 1.00. The van der Waals surface area contributed by atoms with Crippen molar-refractivity contribution in [1.82, 2.24) is 5.09 Å². The number of methoxy groups -OCH3 is 1. The van der Waals surface area contributed by atoms with Crippen molar-refractivity contribution in [2.75, 3.05) is 26.9 Å². The van der Waals surface area contributed by atoms with Gasteiger partial charge in [-0.25, -0.2) is 0 Å². The molecule has 18 heavy (non-hydrogen) atoms. The van der Waals surface area contributed by atoms with E-state index in [1.807, 2.05) is 0 Å². The molecule has 0 fully saturated rings. The summed E-state index contributed by atoms with van der Waals surface area (Å²) in [6.07, 6.45) is 6.81. The predicted octanol–water partition coefficient (Wildman–Crippen LogP) is -0.928. The number of nitrogens with one attached hydrogen (secondary N) is 1. The third-order valence-corrected chi connectivity index (χ3v) is 3.52. The summed E-state index contributed by atoms with van der Waals surface area (Å²) in [4.78, 5) is 11.3. The normalized spacial score (nSPS) is 13.9. The second-order valence-electron chi connectivity index (χ2n) is 4.00. The van der Waals surface area contributed by atoms with Gasteiger partial charge in [-0.2, -0.15) is 0 Å². The van der Waals surface area contributed by atoms with E-state index in [-0.39, 0.29) is 42.8 Å². The zero-order valence-electron chi connectivity index (χ0n) is 11.9. The molecule has 1 unspecified atom stereocenters. The van der Waals surface area contributed by atoms with Crippen molar-refractivity contribution in [3.05, 3.63) is 0 Å². The molecule has 1 N–H and O–H groups in total. The van der Waals surface area contributed by atoms with Gasteiger partial charge in [-0.15, -0.1) is 0 Å². The van der Waals surface area contributed by atoms with Crippen LogP contribution in [0.2, 0.25) is 0 Å². The Morgan fingerprint density at radius 2 is 1.72 bits per heavy atom. The zero-order valence-corrected chi connectivity index (χ0v) is 14.8. The van der Waals surface area contributed by atoms with Crippen molar-refractivity contribution in [2.24, 2.45) is 0 Å². The third-order valence-electron chi connectivity index (χ3n) is 2.38. The molecule has 0 bridgehead atoms. The maximum absolute atomic E-state index is 11.3. The van der Waals surface area contributed by atoms with E-state index in [0.29, 0.717) is 6.54 Å². The summed E-state index contributed by atoms with van der Waals surface area (Å²) >= 11 is 0. The first-order chi connectivity index (χ1) is 8.12. The molecule has 0 aliphatic rings. The van der Waals surface area contributed by atoms with Crippen LogP contribution in [0.4, 0.5) is 0 Å². The Hall–Kier alpha value is 1.07. The van der Waals surface area contributed by atoms with Crippen LogP contribution in [0.3, 0.4) is 0 Å². The Morgan fingerprint density at radius 1 is 1.11 bits per heavy atom. The minimum Gasteiger partial charge on any atom is -0.766 e. The van der Waals surface area contributed by atoms with E-state index in [1.54, 1.807) is 0 Å². The Morgan fingerprint density at radius 3 is 2.33 bits per heavy atom. The molecular formula is C11H25NNaO4P. The van der Waals surface area contributed by atoms with Crippen LogP contribution in [-0.2, 0) is 13.8 Å². The maximum atomic E-state index is 11.3. The summed E-state index contributed by atoms with van der Waals surface area (Å²) in [5, 5.41) is 2.43. The van der Waals surface area contributed by atoms with Crippen LogP contribution in [0.25, 0.3) is 0 Å². The summed E-state index contributed by atoms with van der Waals surface area (Å²) in [5.74, 6) is 0. The van der Waals surface area contributed by atoms with E-state index in [2.05, 4.69) is 16.5 Å². The molecule has 104 valence electrons. The largest absolute Gasteiger partial charge is 1.00 e. The second kappa shape index (κ2) is 14.5. The molecular weight excluding hydrogens is 264 g/mol. The number of rotatable bonds is 12. The molecule has 0 spiro atoms. The van der Waals surface area contributed by atoms with E-state index in [4.69, 9.17) is 4.74 Å². The summed E-state index contributed by atoms with van der Waals surface area (Å²) in [6, 6.07) is 0. The van der Waals surface area contributed by atoms with Gasteiger partial charge < -0.3 is 14.2 Å². The first kappa shape index (κ1) is 21.4. The number of ether oxygens (including phenoxy) is 1. The molecule has 0 aromatic carbocycles. The first-order valence-corrected chi connectivity index (χ1v) is 7.86. The van der Waals surface area contributed by atoms with Gasteiger partial charge in [-0.3, -0.25) is 9.65 Å². The molecule has 1 atom stereocenters. The average molecular weight is 289 g/mol. The third kappa shape index (κ3) is 15.1. The van der Waals surface area contributed by atoms with Gasteiger partial charge in [-0.05, 0) is 6.42 Å². The van der Waals surface area contributed by atoms with Gasteiger partial charge in [0.25, 0.3) is 0 Å². The predicted molar refractivity (Wildman–Crippen MR) is 66.8 cm³/mol. The molecule has 0 heterocycles. The summed E-state index contributed by atoms with van der Waals surface area (Å²) in [6.45, 7) is 2.98. The van der Waals surface area contributed by atoms with Crippen LogP contribution in [0.1, 0.15) is 45.4 Å². The van der Waals surface area contributed by atoms with Crippen molar-refractivity contribution in [2.45, 2.75) is 45.4 Å². The van der Waals surface area contributed by atoms with Gasteiger partial charge in [0.15, 0.2) is 0 Å². The van der Waals surface area contributed by atoms with Crippen molar-refractivity contribution in [3.63, 3.8) is 0 Å².